The summed E-state index contributed by atoms with van der Waals surface area (Å²) in [7, 11) is 0. The Morgan fingerprint density at radius 3 is 2.00 bits per heavy atom. The summed E-state index contributed by atoms with van der Waals surface area (Å²) in [5, 5.41) is 0. The molecule has 0 fully saturated rings. The summed E-state index contributed by atoms with van der Waals surface area (Å²) >= 11 is 3.11. The van der Waals surface area contributed by atoms with Gasteiger partial charge >= 0.3 is 76.5 Å². The fourth-order valence-electron chi connectivity index (χ4n) is 1.26. The first kappa shape index (κ1) is 8.83. The maximum absolute atomic E-state index is 3.11. The van der Waals surface area contributed by atoms with Crippen LogP contribution in [0.1, 0.15) is 22.3 Å². The Kier molecular flexibility index (Phi) is 2.41. The molecule has 1 rings (SSSR count). The second kappa shape index (κ2) is 3.00. The molecule has 0 unspecified atom stereocenters. The van der Waals surface area contributed by atoms with Crippen molar-refractivity contribution in [2.24, 2.45) is 0 Å². The van der Waals surface area contributed by atoms with Crippen LogP contribution in [0.5, 0.6) is 0 Å². The zero-order chi connectivity index (χ0) is 8.59. The molecule has 0 aliphatic heterocycles. The number of hydrogen-bond acceptors (Lipinski definition) is 0. The average Bonchev–Trinajstić information content (AvgIpc) is 1.97. The second-order valence-corrected chi connectivity index (χ2v) is 3.95. The molecule has 0 amide bonds. The zero-order valence-corrected chi connectivity index (χ0v) is 9.20. The molecule has 0 spiro atoms. The van der Waals surface area contributed by atoms with Crippen molar-refractivity contribution >= 4 is 20.5 Å². The molecule has 0 aliphatic carbocycles. The fraction of sp³-hybridized carbons (Fsp3) is 0.400. The predicted molar refractivity (Wildman–Crippen MR) is 50.8 cm³/mol. The van der Waals surface area contributed by atoms with Gasteiger partial charge in [-0.05, 0) is 0 Å². The SMILES string of the molecule is Cc1cc(C)c([Se])c(C)c1C. The van der Waals surface area contributed by atoms with Crippen molar-refractivity contribution in [2.45, 2.75) is 27.7 Å². The normalized spacial score (nSPS) is 10.2. The van der Waals surface area contributed by atoms with Gasteiger partial charge in [-0.1, -0.05) is 0 Å². The van der Waals surface area contributed by atoms with Crippen LogP contribution in [0.4, 0.5) is 0 Å². The molecule has 11 heavy (non-hydrogen) atoms. The van der Waals surface area contributed by atoms with E-state index in [2.05, 4.69) is 49.8 Å². The summed E-state index contributed by atoms with van der Waals surface area (Å²) in [6.45, 7) is 8.65. The third kappa shape index (κ3) is 1.50. The summed E-state index contributed by atoms with van der Waals surface area (Å²) < 4.78 is 1.31. The van der Waals surface area contributed by atoms with Crippen LogP contribution < -0.4 is 4.46 Å². The van der Waals surface area contributed by atoms with Gasteiger partial charge < -0.3 is 0 Å². The van der Waals surface area contributed by atoms with Crippen LogP contribution in [-0.4, -0.2) is 16.0 Å². The Morgan fingerprint density at radius 2 is 1.45 bits per heavy atom. The Bertz CT molecular complexity index is 261. The van der Waals surface area contributed by atoms with E-state index in [-0.39, 0.29) is 0 Å². The van der Waals surface area contributed by atoms with Crippen LogP contribution in [0.3, 0.4) is 0 Å². The van der Waals surface area contributed by atoms with Gasteiger partial charge in [0.2, 0.25) is 0 Å². The van der Waals surface area contributed by atoms with Gasteiger partial charge in [0.15, 0.2) is 0 Å². The standard InChI is InChI=1S/C10H13Se/c1-6-5-7(2)10(11)9(4)8(6)3/h5H,1-4H3. The van der Waals surface area contributed by atoms with Crippen LogP contribution in [0.25, 0.3) is 0 Å². The average molecular weight is 212 g/mol. The Hall–Kier alpha value is -0.261. The van der Waals surface area contributed by atoms with Crippen LogP contribution in [0, 0.1) is 27.7 Å². The van der Waals surface area contributed by atoms with Crippen molar-refractivity contribution in [2.75, 3.05) is 0 Å². The Morgan fingerprint density at radius 1 is 0.909 bits per heavy atom. The quantitative estimate of drug-likeness (QED) is 0.574. The van der Waals surface area contributed by atoms with E-state index in [9.17, 15) is 0 Å². The molecular weight excluding hydrogens is 199 g/mol. The van der Waals surface area contributed by atoms with Crippen molar-refractivity contribution in [1.82, 2.24) is 0 Å². The third-order valence-corrected chi connectivity index (χ3v) is 3.60. The minimum atomic E-state index is 1.31. The first-order valence-electron chi connectivity index (χ1n) is 3.78. The molecule has 1 aromatic carbocycles. The van der Waals surface area contributed by atoms with Crippen LogP contribution in [0.2, 0.25) is 0 Å². The van der Waals surface area contributed by atoms with Gasteiger partial charge in [0.1, 0.15) is 0 Å². The number of rotatable bonds is 0. The molecule has 0 N–H and O–H groups in total. The minimum absolute atomic E-state index is 1.31. The number of aryl methyl sites for hydroxylation is 2. The molecule has 0 saturated heterocycles. The van der Waals surface area contributed by atoms with Gasteiger partial charge in [0.05, 0.1) is 0 Å². The third-order valence-electron chi connectivity index (χ3n) is 2.29. The molecule has 0 bridgehead atoms. The van der Waals surface area contributed by atoms with Gasteiger partial charge in [-0.2, -0.15) is 0 Å². The Labute approximate surface area is 76.8 Å². The second-order valence-electron chi connectivity index (χ2n) is 3.09. The molecule has 1 aromatic rings. The van der Waals surface area contributed by atoms with Crippen molar-refractivity contribution < 1.29 is 0 Å². The molecule has 0 nitrogen and oxygen atoms in total. The van der Waals surface area contributed by atoms with E-state index >= 15 is 0 Å². The van der Waals surface area contributed by atoms with Gasteiger partial charge in [0.25, 0.3) is 0 Å². The molecule has 0 heterocycles. The monoisotopic (exact) mass is 213 g/mol. The molecular formula is C10H13Se. The van der Waals surface area contributed by atoms with E-state index in [0.29, 0.717) is 0 Å². The fourth-order valence-corrected chi connectivity index (χ4v) is 1.71. The summed E-state index contributed by atoms with van der Waals surface area (Å²) in [5.41, 5.74) is 5.54. The summed E-state index contributed by atoms with van der Waals surface area (Å²) in [5.74, 6) is 0. The first-order valence-corrected chi connectivity index (χ1v) is 4.64. The molecule has 0 aromatic heterocycles. The van der Waals surface area contributed by atoms with Crippen molar-refractivity contribution in [1.29, 1.82) is 0 Å². The summed E-state index contributed by atoms with van der Waals surface area (Å²) in [4.78, 5) is 0. The molecule has 1 heteroatoms. The van der Waals surface area contributed by atoms with Gasteiger partial charge in [-0.25, -0.2) is 0 Å². The van der Waals surface area contributed by atoms with Crippen LogP contribution in [0.15, 0.2) is 6.07 Å². The summed E-state index contributed by atoms with van der Waals surface area (Å²) in [6, 6.07) is 2.23. The first-order chi connectivity index (χ1) is 5.04. The molecule has 59 valence electrons. The van der Waals surface area contributed by atoms with E-state index in [4.69, 9.17) is 0 Å². The van der Waals surface area contributed by atoms with E-state index in [1.807, 2.05) is 0 Å². The van der Waals surface area contributed by atoms with Crippen LogP contribution >= 0.6 is 0 Å². The van der Waals surface area contributed by atoms with Crippen molar-refractivity contribution in [3.63, 3.8) is 0 Å². The molecule has 1 radical (unpaired) electrons. The van der Waals surface area contributed by atoms with Crippen LogP contribution in [-0.2, 0) is 0 Å². The topological polar surface area (TPSA) is 0 Å². The summed E-state index contributed by atoms with van der Waals surface area (Å²) in [6.07, 6.45) is 0. The Balaban J connectivity index is 3.46. The van der Waals surface area contributed by atoms with E-state index < -0.39 is 0 Å². The van der Waals surface area contributed by atoms with E-state index in [1.54, 1.807) is 0 Å². The van der Waals surface area contributed by atoms with Gasteiger partial charge in [0, 0.05) is 0 Å². The molecule has 0 saturated carbocycles. The number of hydrogen-bond donors (Lipinski definition) is 0. The van der Waals surface area contributed by atoms with Gasteiger partial charge in [-0.15, -0.1) is 0 Å². The van der Waals surface area contributed by atoms with E-state index in [0.717, 1.165) is 0 Å². The predicted octanol–water partition coefficient (Wildman–Crippen LogP) is 1.71. The molecule has 0 atom stereocenters. The number of benzene rings is 1. The van der Waals surface area contributed by atoms with Crippen molar-refractivity contribution in [3.05, 3.63) is 28.3 Å². The van der Waals surface area contributed by atoms with Crippen molar-refractivity contribution in [3.8, 4) is 0 Å². The van der Waals surface area contributed by atoms with Gasteiger partial charge in [-0.3, -0.25) is 0 Å². The molecule has 0 aliphatic rings. The zero-order valence-electron chi connectivity index (χ0n) is 7.49. The van der Waals surface area contributed by atoms with E-state index in [1.165, 1.54) is 26.7 Å². The maximum atomic E-state index is 3.11.